The Morgan fingerprint density at radius 3 is 2.30 bits per heavy atom. The van der Waals surface area contributed by atoms with Crippen molar-refractivity contribution in [2.75, 3.05) is 14.2 Å². The fraction of sp³-hybridized carbons (Fsp3) is 0.625. The number of aliphatic hydroxyl groups excluding tert-OH is 1. The van der Waals surface area contributed by atoms with Gasteiger partial charge in [-0.25, -0.2) is 4.39 Å². The van der Waals surface area contributed by atoms with E-state index in [1.54, 1.807) is 19.2 Å². The summed E-state index contributed by atoms with van der Waals surface area (Å²) >= 11 is 0. The van der Waals surface area contributed by atoms with Gasteiger partial charge in [-0.05, 0) is 30.5 Å². The van der Waals surface area contributed by atoms with E-state index < -0.39 is 17.5 Å². The molecule has 1 saturated carbocycles. The average Bonchev–Trinajstić information content (AvgIpc) is 2.72. The number of rotatable bonds is 4. The van der Waals surface area contributed by atoms with Gasteiger partial charge in [-0.2, -0.15) is 0 Å². The minimum Gasteiger partial charge on any atom is -0.494 e. The summed E-state index contributed by atoms with van der Waals surface area (Å²) in [5.41, 5.74) is -0.0515. The molecule has 1 N–H and O–H groups in total. The zero-order valence-electron chi connectivity index (χ0n) is 12.2. The zero-order valence-corrected chi connectivity index (χ0v) is 12.2. The second-order valence-electron chi connectivity index (χ2n) is 5.48. The maximum absolute atomic E-state index is 13.8. The van der Waals surface area contributed by atoms with Gasteiger partial charge in [-0.1, -0.05) is 31.7 Å². The van der Waals surface area contributed by atoms with Crippen LogP contribution in [-0.4, -0.2) is 24.9 Å². The lowest BCUT2D eigenvalue weighted by molar-refractivity contribution is -0.114. The van der Waals surface area contributed by atoms with Gasteiger partial charge in [-0.15, -0.1) is 0 Å². The van der Waals surface area contributed by atoms with Crippen molar-refractivity contribution in [3.8, 4) is 5.75 Å². The summed E-state index contributed by atoms with van der Waals surface area (Å²) in [6, 6.07) is 4.60. The highest BCUT2D eigenvalue weighted by Crippen LogP contribution is 2.40. The van der Waals surface area contributed by atoms with Gasteiger partial charge >= 0.3 is 0 Å². The molecule has 0 amide bonds. The SMILES string of the molecule is COc1ccc(C(O)C2(OC)CCCCCC2)cc1F. The molecular weight excluding hydrogens is 259 g/mol. The Labute approximate surface area is 119 Å². The molecule has 1 aromatic rings. The molecule has 112 valence electrons. The summed E-state index contributed by atoms with van der Waals surface area (Å²) < 4.78 is 24.4. The van der Waals surface area contributed by atoms with E-state index >= 15 is 0 Å². The van der Waals surface area contributed by atoms with E-state index in [1.165, 1.54) is 13.2 Å². The lowest BCUT2D eigenvalue weighted by Gasteiger charge is -2.36. The minimum atomic E-state index is -0.814. The van der Waals surface area contributed by atoms with Crippen LogP contribution in [0.25, 0.3) is 0 Å². The van der Waals surface area contributed by atoms with Crippen molar-refractivity contribution < 1.29 is 19.0 Å². The summed E-state index contributed by atoms with van der Waals surface area (Å²) in [7, 11) is 3.06. The molecule has 1 fully saturated rings. The Bertz CT molecular complexity index is 439. The second-order valence-corrected chi connectivity index (χ2v) is 5.48. The van der Waals surface area contributed by atoms with E-state index in [0.717, 1.165) is 38.5 Å². The third-order valence-electron chi connectivity index (χ3n) is 4.35. The lowest BCUT2D eigenvalue weighted by atomic mass is 9.84. The van der Waals surface area contributed by atoms with E-state index in [0.29, 0.717) is 5.56 Å². The molecule has 0 bridgehead atoms. The summed E-state index contributed by atoms with van der Waals surface area (Å²) in [5, 5.41) is 10.7. The van der Waals surface area contributed by atoms with Gasteiger partial charge in [0.05, 0.1) is 12.7 Å². The van der Waals surface area contributed by atoms with Crippen molar-refractivity contribution in [2.24, 2.45) is 0 Å². The molecule has 20 heavy (non-hydrogen) atoms. The molecule has 0 aliphatic heterocycles. The molecule has 1 atom stereocenters. The van der Waals surface area contributed by atoms with Crippen LogP contribution in [0.4, 0.5) is 4.39 Å². The van der Waals surface area contributed by atoms with Crippen LogP contribution in [0.1, 0.15) is 50.2 Å². The monoisotopic (exact) mass is 282 g/mol. The van der Waals surface area contributed by atoms with E-state index in [9.17, 15) is 9.50 Å². The fourth-order valence-corrected chi connectivity index (χ4v) is 3.07. The third kappa shape index (κ3) is 2.96. The molecule has 0 saturated heterocycles. The van der Waals surface area contributed by atoms with Gasteiger partial charge in [0, 0.05) is 7.11 Å². The van der Waals surface area contributed by atoms with Crippen LogP contribution in [0.5, 0.6) is 5.75 Å². The molecule has 3 nitrogen and oxygen atoms in total. The van der Waals surface area contributed by atoms with E-state index in [2.05, 4.69) is 0 Å². The number of benzene rings is 1. The maximum Gasteiger partial charge on any atom is 0.165 e. The summed E-state index contributed by atoms with van der Waals surface area (Å²) in [6.07, 6.45) is 5.18. The van der Waals surface area contributed by atoms with Crippen molar-refractivity contribution >= 4 is 0 Å². The van der Waals surface area contributed by atoms with Gasteiger partial charge in [0.25, 0.3) is 0 Å². The first-order valence-corrected chi connectivity index (χ1v) is 7.19. The van der Waals surface area contributed by atoms with Gasteiger partial charge in [0.15, 0.2) is 11.6 Å². The summed E-state index contributed by atoms with van der Waals surface area (Å²) in [6.45, 7) is 0. The van der Waals surface area contributed by atoms with E-state index in [-0.39, 0.29) is 5.75 Å². The Morgan fingerprint density at radius 2 is 1.80 bits per heavy atom. The predicted octanol–water partition coefficient (Wildman–Crippen LogP) is 3.61. The molecule has 0 radical (unpaired) electrons. The molecule has 1 unspecified atom stereocenters. The van der Waals surface area contributed by atoms with Crippen molar-refractivity contribution in [1.29, 1.82) is 0 Å². The topological polar surface area (TPSA) is 38.7 Å². The number of halogens is 1. The Hall–Kier alpha value is -1.13. The number of hydrogen-bond acceptors (Lipinski definition) is 3. The Kier molecular flexibility index (Phi) is 5.00. The van der Waals surface area contributed by atoms with E-state index in [4.69, 9.17) is 9.47 Å². The van der Waals surface area contributed by atoms with Crippen LogP contribution in [0.3, 0.4) is 0 Å². The van der Waals surface area contributed by atoms with Crippen LogP contribution in [0.2, 0.25) is 0 Å². The quantitative estimate of drug-likeness (QED) is 0.857. The first-order chi connectivity index (χ1) is 9.63. The summed E-state index contributed by atoms with van der Waals surface area (Å²) in [4.78, 5) is 0. The minimum absolute atomic E-state index is 0.188. The van der Waals surface area contributed by atoms with Gasteiger partial charge < -0.3 is 14.6 Å². The van der Waals surface area contributed by atoms with Crippen molar-refractivity contribution in [2.45, 2.75) is 50.2 Å². The normalized spacial score (nSPS) is 20.2. The standard InChI is InChI=1S/C16H23FO3/c1-19-14-8-7-12(11-13(14)17)15(18)16(20-2)9-5-3-4-6-10-16/h7-8,11,15,18H,3-6,9-10H2,1-2H3. The highest BCUT2D eigenvalue weighted by Gasteiger charge is 2.39. The van der Waals surface area contributed by atoms with Crippen LogP contribution in [0.15, 0.2) is 18.2 Å². The average molecular weight is 282 g/mol. The smallest absolute Gasteiger partial charge is 0.165 e. The van der Waals surface area contributed by atoms with Crippen LogP contribution in [-0.2, 0) is 4.74 Å². The highest BCUT2D eigenvalue weighted by molar-refractivity contribution is 5.31. The van der Waals surface area contributed by atoms with Crippen LogP contribution in [0, 0.1) is 5.82 Å². The first kappa shape index (κ1) is 15.3. The second kappa shape index (κ2) is 6.55. The van der Waals surface area contributed by atoms with Crippen molar-refractivity contribution in [3.05, 3.63) is 29.6 Å². The van der Waals surface area contributed by atoms with Crippen LogP contribution < -0.4 is 4.74 Å². The molecule has 2 rings (SSSR count). The Balaban J connectivity index is 2.27. The zero-order chi connectivity index (χ0) is 14.6. The molecule has 0 heterocycles. The fourth-order valence-electron chi connectivity index (χ4n) is 3.07. The lowest BCUT2D eigenvalue weighted by Crippen LogP contribution is -2.38. The van der Waals surface area contributed by atoms with Crippen LogP contribution >= 0.6 is 0 Å². The predicted molar refractivity (Wildman–Crippen MR) is 75.4 cm³/mol. The van der Waals surface area contributed by atoms with Gasteiger partial charge in [0.1, 0.15) is 6.10 Å². The van der Waals surface area contributed by atoms with Crippen molar-refractivity contribution in [3.63, 3.8) is 0 Å². The molecular formula is C16H23FO3. The largest absolute Gasteiger partial charge is 0.494 e. The molecule has 4 heteroatoms. The van der Waals surface area contributed by atoms with Gasteiger partial charge in [-0.3, -0.25) is 0 Å². The number of hydrogen-bond donors (Lipinski definition) is 1. The molecule has 0 aromatic heterocycles. The van der Waals surface area contributed by atoms with E-state index in [1.807, 2.05) is 0 Å². The molecule has 1 aliphatic rings. The van der Waals surface area contributed by atoms with Crippen molar-refractivity contribution in [1.82, 2.24) is 0 Å². The number of methoxy groups -OCH3 is 2. The third-order valence-corrected chi connectivity index (χ3v) is 4.35. The molecule has 1 aromatic carbocycles. The highest BCUT2D eigenvalue weighted by atomic mass is 19.1. The molecule has 0 spiro atoms. The van der Waals surface area contributed by atoms with Gasteiger partial charge in [0.2, 0.25) is 0 Å². The molecule has 1 aliphatic carbocycles. The first-order valence-electron chi connectivity index (χ1n) is 7.19. The number of aliphatic hydroxyl groups is 1. The number of ether oxygens (including phenoxy) is 2. The summed E-state index contributed by atoms with van der Waals surface area (Å²) in [5.74, 6) is -0.266. The Morgan fingerprint density at radius 1 is 1.15 bits per heavy atom. The maximum atomic E-state index is 13.8.